The number of thioether (sulfide) groups is 1. The van der Waals surface area contributed by atoms with E-state index in [1.54, 1.807) is 11.8 Å². The molecule has 4 atom stereocenters. The van der Waals surface area contributed by atoms with Gasteiger partial charge in [0.2, 0.25) is 5.91 Å². The van der Waals surface area contributed by atoms with Gasteiger partial charge in [-0.25, -0.2) is 9.59 Å². The van der Waals surface area contributed by atoms with Crippen LogP contribution in [0.3, 0.4) is 0 Å². The molecule has 3 amide bonds. The zero-order valence-electron chi connectivity index (χ0n) is 14.9. The van der Waals surface area contributed by atoms with Crippen molar-refractivity contribution in [2.45, 2.75) is 48.8 Å². The van der Waals surface area contributed by atoms with Crippen molar-refractivity contribution in [2.75, 3.05) is 0 Å². The quantitative estimate of drug-likeness (QED) is 0.696. The highest BCUT2D eigenvalue weighted by Gasteiger charge is 2.82. The van der Waals surface area contributed by atoms with Crippen molar-refractivity contribution in [3.63, 3.8) is 0 Å². The molecule has 2 fully saturated rings. The SMILES string of the molecule is Cc1cc(=O)oc2c3c(ccc12)[C@@]1(C)[C@@](C)(S3)[C@H]2NC(=O)NC(=O)[C@]21C. The summed E-state index contributed by atoms with van der Waals surface area (Å²) in [5.74, 6) is -0.259. The number of nitrogens with one attached hydrogen (secondary N) is 2. The van der Waals surface area contributed by atoms with E-state index >= 15 is 0 Å². The van der Waals surface area contributed by atoms with Gasteiger partial charge in [-0.1, -0.05) is 19.1 Å². The third-order valence-corrected chi connectivity index (χ3v) is 8.74. The van der Waals surface area contributed by atoms with Crippen molar-refractivity contribution in [3.8, 4) is 0 Å². The summed E-state index contributed by atoms with van der Waals surface area (Å²) in [7, 11) is 0. The number of aryl methyl sites for hydroxylation is 1. The minimum absolute atomic E-state index is 0.259. The summed E-state index contributed by atoms with van der Waals surface area (Å²) >= 11 is 1.59. The van der Waals surface area contributed by atoms with Crippen LogP contribution in [0.15, 0.2) is 32.3 Å². The number of benzene rings is 1. The fourth-order valence-corrected chi connectivity index (χ4v) is 7.37. The van der Waals surface area contributed by atoms with Gasteiger partial charge in [0.05, 0.1) is 16.4 Å². The number of hydrogen-bond donors (Lipinski definition) is 2. The molecule has 1 aromatic heterocycles. The second-order valence-corrected chi connectivity index (χ2v) is 9.42. The predicted octanol–water partition coefficient (Wildman–Crippen LogP) is 2.45. The third-order valence-electron chi connectivity index (χ3n) is 7.06. The molecule has 1 saturated heterocycles. The van der Waals surface area contributed by atoms with Crippen LogP contribution in [-0.2, 0) is 10.2 Å². The molecule has 1 aliphatic carbocycles. The monoisotopic (exact) mass is 370 g/mol. The average Bonchev–Trinajstić information content (AvgIpc) is 2.78. The lowest BCUT2D eigenvalue weighted by Gasteiger charge is -2.70. The molecule has 0 spiro atoms. The standard InChI is InChI=1S/C19H18N2O4S/c1-8-7-11(22)25-12-9(8)5-6-10-13(12)26-19(4)14-17(2,18(10,19)3)15(23)21-16(24)20-14/h5-7,14H,1-4H3,(H2,20,21,23,24)/t14-,17-,18+,19-/m0/s1. The van der Waals surface area contributed by atoms with Gasteiger partial charge >= 0.3 is 11.7 Å². The summed E-state index contributed by atoms with van der Waals surface area (Å²) in [6.07, 6.45) is 0. The topological polar surface area (TPSA) is 88.4 Å². The Kier molecular flexibility index (Phi) is 2.66. The average molecular weight is 370 g/mol. The number of carbonyl (C=O) groups excluding carboxylic acids is 2. The Hall–Kier alpha value is -2.28. The summed E-state index contributed by atoms with van der Waals surface area (Å²) in [5.41, 5.74) is 0.778. The molecular weight excluding hydrogens is 352 g/mol. The Morgan fingerprint density at radius 2 is 1.88 bits per heavy atom. The first-order valence-corrected chi connectivity index (χ1v) is 9.35. The number of fused-ring (bicyclic) bond motifs is 8. The summed E-state index contributed by atoms with van der Waals surface area (Å²) < 4.78 is 5.16. The first-order valence-electron chi connectivity index (χ1n) is 8.53. The van der Waals surface area contributed by atoms with E-state index in [1.807, 2.05) is 26.0 Å². The number of hydrogen-bond acceptors (Lipinski definition) is 5. The maximum Gasteiger partial charge on any atom is 0.336 e. The van der Waals surface area contributed by atoms with Crippen molar-refractivity contribution < 1.29 is 14.0 Å². The molecule has 1 saturated carbocycles. The van der Waals surface area contributed by atoms with Crippen LogP contribution < -0.4 is 16.3 Å². The fourth-order valence-electron chi connectivity index (χ4n) is 5.38. The molecule has 3 aliphatic rings. The molecule has 6 nitrogen and oxygen atoms in total. The largest absolute Gasteiger partial charge is 0.421 e. The van der Waals surface area contributed by atoms with Gasteiger partial charge in [-0.3, -0.25) is 10.1 Å². The number of rotatable bonds is 0. The van der Waals surface area contributed by atoms with Crippen LogP contribution in [0.2, 0.25) is 0 Å². The molecule has 0 bridgehead atoms. The van der Waals surface area contributed by atoms with Crippen LogP contribution in [0.5, 0.6) is 0 Å². The zero-order chi connectivity index (χ0) is 18.6. The number of carbonyl (C=O) groups is 2. The first kappa shape index (κ1) is 15.9. The Morgan fingerprint density at radius 3 is 2.62 bits per heavy atom. The van der Waals surface area contributed by atoms with Crippen LogP contribution in [0.4, 0.5) is 4.79 Å². The molecule has 26 heavy (non-hydrogen) atoms. The summed E-state index contributed by atoms with van der Waals surface area (Å²) in [5, 5.41) is 6.26. The van der Waals surface area contributed by atoms with Crippen molar-refractivity contribution in [1.82, 2.24) is 10.6 Å². The van der Waals surface area contributed by atoms with Crippen molar-refractivity contribution in [3.05, 3.63) is 39.7 Å². The zero-order valence-corrected chi connectivity index (χ0v) is 15.7. The van der Waals surface area contributed by atoms with E-state index < -0.39 is 21.6 Å². The van der Waals surface area contributed by atoms with Crippen LogP contribution in [0, 0.1) is 12.3 Å². The van der Waals surface area contributed by atoms with Crippen LogP contribution >= 0.6 is 11.8 Å². The van der Waals surface area contributed by atoms with Gasteiger partial charge < -0.3 is 9.73 Å². The summed E-state index contributed by atoms with van der Waals surface area (Å²) in [6, 6.07) is 4.73. The molecule has 2 aromatic rings. The molecule has 2 N–H and O–H groups in total. The van der Waals surface area contributed by atoms with Gasteiger partial charge in [-0.2, -0.15) is 0 Å². The summed E-state index contributed by atoms with van der Waals surface area (Å²) in [4.78, 5) is 37.6. The number of imide groups is 1. The molecule has 7 heteroatoms. The van der Waals surface area contributed by atoms with Crippen LogP contribution in [-0.4, -0.2) is 22.7 Å². The highest BCUT2D eigenvalue weighted by molar-refractivity contribution is 8.01. The maximum absolute atomic E-state index is 12.8. The van der Waals surface area contributed by atoms with E-state index in [-0.39, 0.29) is 17.6 Å². The number of urea groups is 1. The third kappa shape index (κ3) is 1.40. The van der Waals surface area contributed by atoms with Gasteiger partial charge in [0.15, 0.2) is 5.58 Å². The lowest BCUT2D eigenvalue weighted by molar-refractivity contribution is -0.153. The van der Waals surface area contributed by atoms with E-state index in [0.29, 0.717) is 5.58 Å². The van der Waals surface area contributed by atoms with Gasteiger partial charge in [-0.05, 0) is 31.9 Å². The maximum atomic E-state index is 12.8. The van der Waals surface area contributed by atoms with E-state index in [9.17, 15) is 14.4 Å². The lowest BCUT2D eigenvalue weighted by Crippen LogP contribution is -2.87. The minimum atomic E-state index is -0.772. The molecule has 134 valence electrons. The Bertz CT molecular complexity index is 1110. The normalized spacial score (nSPS) is 37.3. The highest BCUT2D eigenvalue weighted by Crippen LogP contribution is 2.75. The Labute approximate surface area is 153 Å². The smallest absolute Gasteiger partial charge is 0.336 e. The molecule has 0 unspecified atom stereocenters. The van der Waals surface area contributed by atoms with Crippen molar-refractivity contribution >= 4 is 34.7 Å². The second-order valence-electron chi connectivity index (χ2n) is 7.96. The van der Waals surface area contributed by atoms with E-state index in [0.717, 1.165) is 21.4 Å². The molecular formula is C19H18N2O4S. The highest BCUT2D eigenvalue weighted by atomic mass is 32.2. The molecule has 0 radical (unpaired) electrons. The first-order chi connectivity index (χ1) is 12.1. The molecule has 5 rings (SSSR count). The minimum Gasteiger partial charge on any atom is -0.421 e. The van der Waals surface area contributed by atoms with Gasteiger partial charge in [0.1, 0.15) is 0 Å². The molecule has 3 heterocycles. The molecule has 2 aliphatic heterocycles. The predicted molar refractivity (Wildman–Crippen MR) is 97.4 cm³/mol. The summed E-state index contributed by atoms with van der Waals surface area (Å²) in [6.45, 7) is 7.93. The van der Waals surface area contributed by atoms with Crippen molar-refractivity contribution in [2.24, 2.45) is 5.41 Å². The Balaban J connectivity index is 1.83. The lowest BCUT2D eigenvalue weighted by atomic mass is 9.39. The van der Waals surface area contributed by atoms with E-state index in [2.05, 4.69) is 24.5 Å². The van der Waals surface area contributed by atoms with E-state index in [4.69, 9.17) is 4.42 Å². The van der Waals surface area contributed by atoms with E-state index in [1.165, 1.54) is 6.07 Å². The second kappa shape index (κ2) is 4.34. The molecule has 1 aromatic carbocycles. The van der Waals surface area contributed by atoms with Crippen molar-refractivity contribution in [1.29, 1.82) is 0 Å². The van der Waals surface area contributed by atoms with Gasteiger partial charge in [0.25, 0.3) is 0 Å². The van der Waals surface area contributed by atoms with Crippen LogP contribution in [0.1, 0.15) is 31.9 Å². The fraction of sp³-hybridized carbons (Fsp3) is 0.421. The number of amides is 3. The Morgan fingerprint density at radius 1 is 1.15 bits per heavy atom. The van der Waals surface area contributed by atoms with Crippen LogP contribution in [0.25, 0.3) is 11.0 Å². The van der Waals surface area contributed by atoms with Gasteiger partial charge in [-0.15, -0.1) is 11.8 Å². The van der Waals surface area contributed by atoms with Gasteiger partial charge in [0, 0.05) is 21.6 Å².